The molecule has 0 bridgehead atoms. The lowest BCUT2D eigenvalue weighted by molar-refractivity contribution is -0.527. The highest BCUT2D eigenvalue weighted by molar-refractivity contribution is 6.30. The Kier molecular flexibility index (Phi) is 5.88. The van der Waals surface area contributed by atoms with Crippen LogP contribution in [0.25, 0.3) is 0 Å². The van der Waals surface area contributed by atoms with Crippen LogP contribution in [0.15, 0.2) is 54.6 Å². The molecule has 0 radical (unpaired) electrons. The number of nitro groups is 1. The van der Waals surface area contributed by atoms with Crippen LogP contribution in [0, 0.1) is 10.1 Å². The van der Waals surface area contributed by atoms with Crippen LogP contribution in [0.2, 0.25) is 5.02 Å². The van der Waals surface area contributed by atoms with Gasteiger partial charge in [0.2, 0.25) is 6.04 Å². The lowest BCUT2D eigenvalue weighted by Gasteiger charge is -2.24. The van der Waals surface area contributed by atoms with Crippen LogP contribution in [-0.4, -0.2) is 35.0 Å². The number of ether oxygens (including phenoxy) is 1. The van der Waals surface area contributed by atoms with Crippen molar-refractivity contribution in [2.75, 3.05) is 6.61 Å². The average Bonchev–Trinajstić information content (AvgIpc) is 3.04. The van der Waals surface area contributed by atoms with Crippen LogP contribution < -0.4 is 5.32 Å². The molecule has 1 heterocycles. The molecule has 1 aliphatic rings. The molecule has 3 rings (SSSR count). The van der Waals surface area contributed by atoms with E-state index in [0.717, 1.165) is 11.1 Å². The highest BCUT2D eigenvalue weighted by atomic mass is 35.5. The first-order valence-electron chi connectivity index (χ1n) is 8.52. The van der Waals surface area contributed by atoms with Crippen molar-refractivity contribution in [1.29, 1.82) is 0 Å². The summed E-state index contributed by atoms with van der Waals surface area (Å²) < 4.78 is 5.36. The maximum atomic E-state index is 12.0. The topological polar surface area (TPSA) is 84.6 Å². The normalized spacial score (nSPS) is 26.6. The minimum atomic E-state index is -1.15. The summed E-state index contributed by atoms with van der Waals surface area (Å²) in [6.07, 6.45) is -1.15. The molecule has 2 aromatic carbocycles. The maximum absolute atomic E-state index is 12.0. The third-order valence-electron chi connectivity index (χ3n) is 4.77. The molecule has 0 aliphatic carbocycles. The SMILES string of the molecule is CCO[C@H](O)[C@@H]1N[C@H](c2ccc(Cl)cc2)[C@H]([N+](=O)[O-])[C@H]1c1ccccc1. The van der Waals surface area contributed by atoms with Gasteiger partial charge in [0.1, 0.15) is 6.04 Å². The number of hydrogen-bond donors (Lipinski definition) is 2. The van der Waals surface area contributed by atoms with E-state index in [1.54, 1.807) is 31.2 Å². The summed E-state index contributed by atoms with van der Waals surface area (Å²) in [5.74, 6) is -0.534. The molecular weight excluding hydrogens is 356 g/mol. The molecule has 6 nitrogen and oxygen atoms in total. The minimum absolute atomic E-state index is 0.275. The van der Waals surface area contributed by atoms with Crippen LogP contribution in [0.4, 0.5) is 0 Å². The highest BCUT2D eigenvalue weighted by Crippen LogP contribution is 2.41. The first-order chi connectivity index (χ1) is 12.5. The Balaban J connectivity index is 2.04. The quantitative estimate of drug-likeness (QED) is 0.459. The van der Waals surface area contributed by atoms with E-state index in [1.165, 1.54) is 0 Å². The van der Waals surface area contributed by atoms with Crippen LogP contribution in [0.5, 0.6) is 0 Å². The van der Waals surface area contributed by atoms with Gasteiger partial charge < -0.3 is 9.84 Å². The number of rotatable bonds is 6. The summed E-state index contributed by atoms with van der Waals surface area (Å²) in [4.78, 5) is 11.7. The van der Waals surface area contributed by atoms with Gasteiger partial charge in [0.15, 0.2) is 6.29 Å². The second kappa shape index (κ2) is 8.14. The average molecular weight is 377 g/mol. The number of halogens is 1. The Morgan fingerprint density at radius 2 is 1.85 bits per heavy atom. The largest absolute Gasteiger partial charge is 0.367 e. The zero-order valence-electron chi connectivity index (χ0n) is 14.3. The van der Waals surface area contributed by atoms with Crippen LogP contribution in [0.1, 0.15) is 30.0 Å². The maximum Gasteiger partial charge on any atom is 0.240 e. The van der Waals surface area contributed by atoms with Gasteiger partial charge in [-0.1, -0.05) is 54.1 Å². The van der Waals surface area contributed by atoms with E-state index in [0.29, 0.717) is 11.6 Å². The Morgan fingerprint density at radius 1 is 1.19 bits per heavy atom. The lowest BCUT2D eigenvalue weighted by Crippen LogP contribution is -2.41. The molecule has 1 aliphatic heterocycles. The van der Waals surface area contributed by atoms with Crippen molar-refractivity contribution in [3.63, 3.8) is 0 Å². The number of aliphatic hydroxyl groups excluding tert-OH is 1. The molecule has 0 spiro atoms. The zero-order chi connectivity index (χ0) is 18.7. The van der Waals surface area contributed by atoms with E-state index < -0.39 is 30.3 Å². The molecule has 138 valence electrons. The number of hydrogen-bond acceptors (Lipinski definition) is 5. The fourth-order valence-corrected chi connectivity index (χ4v) is 3.79. The predicted octanol–water partition coefficient (Wildman–Crippen LogP) is 3.14. The van der Waals surface area contributed by atoms with E-state index >= 15 is 0 Å². The molecule has 0 unspecified atom stereocenters. The summed E-state index contributed by atoms with van der Waals surface area (Å²) in [5.41, 5.74) is 1.55. The summed E-state index contributed by atoms with van der Waals surface area (Å²) in [6, 6.07) is 14.1. The van der Waals surface area contributed by atoms with E-state index in [9.17, 15) is 15.2 Å². The van der Waals surface area contributed by atoms with Crippen molar-refractivity contribution in [3.05, 3.63) is 80.9 Å². The van der Waals surface area contributed by atoms with E-state index in [2.05, 4.69) is 5.32 Å². The number of nitrogens with zero attached hydrogens (tertiary/aromatic N) is 1. The van der Waals surface area contributed by atoms with Crippen molar-refractivity contribution >= 4 is 11.6 Å². The molecular formula is C19H21ClN2O4. The molecule has 26 heavy (non-hydrogen) atoms. The van der Waals surface area contributed by atoms with E-state index in [-0.39, 0.29) is 4.92 Å². The summed E-state index contributed by atoms with van der Waals surface area (Å²) >= 11 is 5.95. The Hall–Kier alpha value is -1.99. The molecule has 2 aromatic rings. The summed E-state index contributed by atoms with van der Waals surface area (Å²) in [7, 11) is 0. The summed E-state index contributed by atoms with van der Waals surface area (Å²) in [5, 5.41) is 26.2. The second-order valence-electron chi connectivity index (χ2n) is 6.28. The van der Waals surface area contributed by atoms with Gasteiger partial charge in [0, 0.05) is 16.6 Å². The fraction of sp³-hybridized carbons (Fsp3) is 0.368. The summed E-state index contributed by atoms with van der Waals surface area (Å²) in [6.45, 7) is 2.09. The van der Waals surface area contributed by atoms with E-state index in [1.807, 2.05) is 30.3 Å². The molecule has 0 saturated carbocycles. The van der Waals surface area contributed by atoms with Crippen molar-refractivity contribution in [2.24, 2.45) is 0 Å². The van der Waals surface area contributed by atoms with Crippen LogP contribution >= 0.6 is 11.6 Å². The Bertz CT molecular complexity index is 741. The van der Waals surface area contributed by atoms with Gasteiger partial charge in [-0.05, 0) is 30.2 Å². The van der Waals surface area contributed by atoms with Crippen molar-refractivity contribution < 1.29 is 14.8 Å². The molecule has 2 N–H and O–H groups in total. The van der Waals surface area contributed by atoms with Crippen LogP contribution in [0.3, 0.4) is 0 Å². The van der Waals surface area contributed by atoms with Gasteiger partial charge in [-0.2, -0.15) is 0 Å². The van der Waals surface area contributed by atoms with Crippen molar-refractivity contribution in [3.8, 4) is 0 Å². The minimum Gasteiger partial charge on any atom is -0.367 e. The Labute approximate surface area is 156 Å². The van der Waals surface area contributed by atoms with Gasteiger partial charge >= 0.3 is 0 Å². The third-order valence-corrected chi connectivity index (χ3v) is 5.02. The fourth-order valence-electron chi connectivity index (χ4n) is 3.66. The number of aliphatic hydroxyl groups is 1. The lowest BCUT2D eigenvalue weighted by atomic mass is 9.85. The standard InChI is InChI=1S/C19H21ClN2O4/c1-2-26-19(23)17-15(12-6-4-3-5-7-12)18(22(24)25)16(21-17)13-8-10-14(20)11-9-13/h3-11,15-19,21,23H,2H2,1H3/t15-,16+,17+,18+,19-/m0/s1. The van der Waals surface area contributed by atoms with Gasteiger partial charge in [-0.25, -0.2) is 0 Å². The third kappa shape index (κ3) is 3.73. The molecule has 1 saturated heterocycles. The molecule has 7 heteroatoms. The van der Waals surface area contributed by atoms with Crippen molar-refractivity contribution in [2.45, 2.75) is 37.3 Å². The first kappa shape index (κ1) is 18.8. The van der Waals surface area contributed by atoms with Gasteiger partial charge in [-0.3, -0.25) is 15.4 Å². The van der Waals surface area contributed by atoms with Gasteiger partial charge in [-0.15, -0.1) is 0 Å². The second-order valence-corrected chi connectivity index (χ2v) is 6.72. The molecule has 5 atom stereocenters. The predicted molar refractivity (Wildman–Crippen MR) is 98.7 cm³/mol. The van der Waals surface area contributed by atoms with E-state index in [4.69, 9.17) is 16.3 Å². The molecule has 1 fully saturated rings. The smallest absolute Gasteiger partial charge is 0.240 e. The first-order valence-corrected chi connectivity index (χ1v) is 8.90. The van der Waals surface area contributed by atoms with Gasteiger partial charge in [0.25, 0.3) is 0 Å². The number of benzene rings is 2. The number of nitrogens with one attached hydrogen (secondary N) is 1. The highest BCUT2D eigenvalue weighted by Gasteiger charge is 2.54. The van der Waals surface area contributed by atoms with Crippen molar-refractivity contribution in [1.82, 2.24) is 5.32 Å². The zero-order valence-corrected chi connectivity index (χ0v) is 15.0. The Morgan fingerprint density at radius 3 is 2.42 bits per heavy atom. The molecule has 0 amide bonds. The van der Waals surface area contributed by atoms with Crippen LogP contribution in [-0.2, 0) is 4.74 Å². The monoisotopic (exact) mass is 376 g/mol. The van der Waals surface area contributed by atoms with Gasteiger partial charge in [0.05, 0.1) is 12.0 Å². The molecule has 0 aromatic heterocycles.